The van der Waals surface area contributed by atoms with Crippen LogP contribution in [-0.4, -0.2) is 36.2 Å². The number of rotatable bonds is 4. The van der Waals surface area contributed by atoms with Crippen molar-refractivity contribution in [1.29, 1.82) is 0 Å². The molecule has 2 unspecified atom stereocenters. The van der Waals surface area contributed by atoms with Crippen LogP contribution in [0.2, 0.25) is 0 Å². The average molecular weight is 233 g/mol. The van der Waals surface area contributed by atoms with E-state index < -0.39 is 0 Å². The molecule has 2 atom stereocenters. The first-order valence-corrected chi connectivity index (χ1v) is 6.69. The van der Waals surface area contributed by atoms with Gasteiger partial charge in [0.1, 0.15) is 0 Å². The fourth-order valence-corrected chi connectivity index (χ4v) is 2.92. The van der Waals surface area contributed by atoms with E-state index in [1.165, 1.54) is 25.1 Å². The van der Waals surface area contributed by atoms with Crippen molar-refractivity contribution in [3.05, 3.63) is 35.9 Å². The summed E-state index contributed by atoms with van der Waals surface area (Å²) < 4.78 is 0. The van der Waals surface area contributed by atoms with Gasteiger partial charge in [-0.05, 0) is 36.8 Å². The Kier molecular flexibility index (Phi) is 4.57. The molecule has 2 nitrogen and oxygen atoms in total. The molecule has 1 aromatic carbocycles. The SMILES string of the molecule is CC1CN(CCCO)CCC1c1ccccc1. The third kappa shape index (κ3) is 3.30. The zero-order chi connectivity index (χ0) is 12.1. The second-order valence-electron chi connectivity index (χ2n) is 5.16. The number of nitrogens with zero attached hydrogens (tertiary/aromatic N) is 1. The molecule has 0 bridgehead atoms. The Morgan fingerprint density at radius 1 is 1.29 bits per heavy atom. The molecular formula is C15H23NO. The third-order valence-corrected chi connectivity index (χ3v) is 3.85. The maximum absolute atomic E-state index is 8.87. The molecule has 1 aliphatic heterocycles. The quantitative estimate of drug-likeness (QED) is 0.863. The van der Waals surface area contributed by atoms with Gasteiger partial charge in [0.15, 0.2) is 0 Å². The van der Waals surface area contributed by atoms with Gasteiger partial charge in [-0.1, -0.05) is 37.3 Å². The first-order valence-electron chi connectivity index (χ1n) is 6.69. The molecule has 2 heteroatoms. The normalized spacial score (nSPS) is 26.0. The zero-order valence-corrected chi connectivity index (χ0v) is 10.7. The Balaban J connectivity index is 1.92. The molecule has 0 aliphatic carbocycles. The number of aliphatic hydroxyl groups is 1. The van der Waals surface area contributed by atoms with Gasteiger partial charge in [0, 0.05) is 19.7 Å². The van der Waals surface area contributed by atoms with Crippen molar-refractivity contribution in [2.75, 3.05) is 26.2 Å². The number of piperidine rings is 1. The number of likely N-dealkylation sites (tertiary alicyclic amines) is 1. The van der Waals surface area contributed by atoms with Crippen LogP contribution in [0.4, 0.5) is 0 Å². The summed E-state index contributed by atoms with van der Waals surface area (Å²) in [6, 6.07) is 10.9. The molecule has 1 fully saturated rings. The van der Waals surface area contributed by atoms with Gasteiger partial charge in [-0.15, -0.1) is 0 Å². The summed E-state index contributed by atoms with van der Waals surface area (Å²) >= 11 is 0. The van der Waals surface area contributed by atoms with Crippen LogP contribution >= 0.6 is 0 Å². The van der Waals surface area contributed by atoms with Crippen LogP contribution in [0.3, 0.4) is 0 Å². The molecular weight excluding hydrogens is 210 g/mol. The lowest BCUT2D eigenvalue weighted by molar-refractivity contribution is 0.149. The molecule has 1 aliphatic rings. The van der Waals surface area contributed by atoms with Gasteiger partial charge in [0.25, 0.3) is 0 Å². The van der Waals surface area contributed by atoms with Gasteiger partial charge in [-0.25, -0.2) is 0 Å². The molecule has 2 rings (SSSR count). The topological polar surface area (TPSA) is 23.5 Å². The van der Waals surface area contributed by atoms with E-state index in [-0.39, 0.29) is 0 Å². The standard InChI is InChI=1S/C15H23NO/c1-13-12-16(9-5-11-17)10-8-15(13)14-6-3-2-4-7-14/h2-4,6-7,13,15,17H,5,8-12H2,1H3. The lowest BCUT2D eigenvalue weighted by Crippen LogP contribution is -2.39. The van der Waals surface area contributed by atoms with Gasteiger partial charge >= 0.3 is 0 Å². The summed E-state index contributed by atoms with van der Waals surface area (Å²) in [4.78, 5) is 2.49. The van der Waals surface area contributed by atoms with Crippen molar-refractivity contribution in [2.24, 2.45) is 5.92 Å². The molecule has 0 aromatic heterocycles. The molecule has 0 saturated carbocycles. The van der Waals surface area contributed by atoms with E-state index >= 15 is 0 Å². The monoisotopic (exact) mass is 233 g/mol. The second kappa shape index (κ2) is 6.18. The van der Waals surface area contributed by atoms with Crippen LogP contribution in [-0.2, 0) is 0 Å². The molecule has 0 amide bonds. The minimum absolute atomic E-state index is 0.312. The van der Waals surface area contributed by atoms with E-state index in [9.17, 15) is 0 Å². The summed E-state index contributed by atoms with van der Waals surface area (Å²) in [6.07, 6.45) is 2.15. The number of aliphatic hydroxyl groups excluding tert-OH is 1. The van der Waals surface area contributed by atoms with Gasteiger partial charge in [0.05, 0.1) is 0 Å². The van der Waals surface area contributed by atoms with Crippen LogP contribution in [0.15, 0.2) is 30.3 Å². The van der Waals surface area contributed by atoms with Crippen LogP contribution in [0.25, 0.3) is 0 Å². The zero-order valence-electron chi connectivity index (χ0n) is 10.7. The summed E-state index contributed by atoms with van der Waals surface area (Å²) in [5.74, 6) is 1.42. The fraction of sp³-hybridized carbons (Fsp3) is 0.600. The lowest BCUT2D eigenvalue weighted by Gasteiger charge is -2.37. The Hall–Kier alpha value is -0.860. The molecule has 0 radical (unpaired) electrons. The van der Waals surface area contributed by atoms with Crippen LogP contribution in [0, 0.1) is 5.92 Å². The average Bonchev–Trinajstić information content (AvgIpc) is 2.37. The smallest absolute Gasteiger partial charge is 0.0443 e. The van der Waals surface area contributed by atoms with E-state index in [0.29, 0.717) is 18.4 Å². The predicted molar refractivity (Wildman–Crippen MR) is 71.1 cm³/mol. The first-order chi connectivity index (χ1) is 8.31. The van der Waals surface area contributed by atoms with E-state index in [1.807, 2.05) is 0 Å². The number of hydrogen-bond acceptors (Lipinski definition) is 2. The van der Waals surface area contributed by atoms with E-state index in [2.05, 4.69) is 42.2 Å². The summed E-state index contributed by atoms with van der Waals surface area (Å²) in [6.45, 7) is 6.04. The predicted octanol–water partition coefficient (Wildman–Crippen LogP) is 2.49. The minimum Gasteiger partial charge on any atom is -0.396 e. The summed E-state index contributed by atoms with van der Waals surface area (Å²) in [7, 11) is 0. The Bertz CT molecular complexity index is 325. The first kappa shape index (κ1) is 12.6. The Morgan fingerprint density at radius 3 is 2.71 bits per heavy atom. The highest BCUT2D eigenvalue weighted by atomic mass is 16.3. The maximum Gasteiger partial charge on any atom is 0.0443 e. The highest BCUT2D eigenvalue weighted by molar-refractivity contribution is 5.20. The number of hydrogen-bond donors (Lipinski definition) is 1. The molecule has 1 saturated heterocycles. The highest BCUT2D eigenvalue weighted by Gasteiger charge is 2.26. The van der Waals surface area contributed by atoms with Crippen LogP contribution in [0.5, 0.6) is 0 Å². The van der Waals surface area contributed by atoms with E-state index in [0.717, 1.165) is 13.0 Å². The molecule has 17 heavy (non-hydrogen) atoms. The molecule has 94 valence electrons. The Labute approximate surface area is 104 Å². The van der Waals surface area contributed by atoms with Gasteiger partial charge < -0.3 is 10.0 Å². The van der Waals surface area contributed by atoms with Crippen molar-refractivity contribution in [3.8, 4) is 0 Å². The van der Waals surface area contributed by atoms with Crippen molar-refractivity contribution >= 4 is 0 Å². The van der Waals surface area contributed by atoms with Crippen molar-refractivity contribution in [2.45, 2.75) is 25.7 Å². The highest BCUT2D eigenvalue weighted by Crippen LogP contribution is 2.32. The van der Waals surface area contributed by atoms with Crippen molar-refractivity contribution in [3.63, 3.8) is 0 Å². The van der Waals surface area contributed by atoms with Gasteiger partial charge in [0.2, 0.25) is 0 Å². The molecule has 1 N–H and O–H groups in total. The number of benzene rings is 1. The minimum atomic E-state index is 0.312. The van der Waals surface area contributed by atoms with Gasteiger partial charge in [-0.2, -0.15) is 0 Å². The van der Waals surface area contributed by atoms with E-state index in [1.54, 1.807) is 0 Å². The summed E-state index contributed by atoms with van der Waals surface area (Å²) in [5.41, 5.74) is 1.49. The lowest BCUT2D eigenvalue weighted by atomic mass is 9.81. The largest absolute Gasteiger partial charge is 0.396 e. The van der Waals surface area contributed by atoms with Crippen LogP contribution < -0.4 is 0 Å². The molecule has 1 heterocycles. The fourth-order valence-electron chi connectivity index (χ4n) is 2.92. The van der Waals surface area contributed by atoms with Crippen molar-refractivity contribution < 1.29 is 5.11 Å². The van der Waals surface area contributed by atoms with Gasteiger partial charge in [-0.3, -0.25) is 0 Å². The van der Waals surface area contributed by atoms with Crippen molar-refractivity contribution in [1.82, 2.24) is 4.90 Å². The van der Waals surface area contributed by atoms with E-state index in [4.69, 9.17) is 5.11 Å². The third-order valence-electron chi connectivity index (χ3n) is 3.85. The molecule has 0 spiro atoms. The Morgan fingerprint density at radius 2 is 2.06 bits per heavy atom. The maximum atomic E-state index is 8.87. The van der Waals surface area contributed by atoms with Crippen LogP contribution in [0.1, 0.15) is 31.2 Å². The second-order valence-corrected chi connectivity index (χ2v) is 5.16. The molecule has 1 aromatic rings. The summed E-state index contributed by atoms with van der Waals surface area (Å²) in [5, 5.41) is 8.87.